The molecule has 1 unspecified atom stereocenters. The van der Waals surface area contributed by atoms with Gasteiger partial charge in [0.05, 0.1) is 6.61 Å². The third-order valence-corrected chi connectivity index (χ3v) is 3.00. The largest absolute Gasteiger partial charge is 0.394 e. The Bertz CT molecular complexity index is 504. The molecule has 0 aromatic carbocycles. The summed E-state index contributed by atoms with van der Waals surface area (Å²) in [5.41, 5.74) is 2.33. The Labute approximate surface area is 102 Å². The van der Waals surface area contributed by atoms with Gasteiger partial charge >= 0.3 is 5.69 Å². The Morgan fingerprint density at radius 3 is 2.89 bits per heavy atom. The summed E-state index contributed by atoms with van der Waals surface area (Å²) < 4.78 is 20.4. The molecule has 18 heavy (non-hydrogen) atoms. The van der Waals surface area contributed by atoms with Crippen LogP contribution < -0.4 is 11.4 Å². The fourth-order valence-corrected chi connectivity index (χ4v) is 1.97. The zero-order chi connectivity index (χ0) is 13.5. The average molecular weight is 259 g/mol. The molecule has 1 aromatic rings. The number of nitrogens with two attached hydrogens (primary N) is 1. The lowest BCUT2D eigenvalue weighted by Gasteiger charge is -2.24. The first-order valence-electron chi connectivity index (χ1n) is 5.36. The molecule has 0 saturated carbocycles. The van der Waals surface area contributed by atoms with Crippen LogP contribution in [0.2, 0.25) is 0 Å². The quantitative estimate of drug-likeness (QED) is 0.615. The number of ether oxygens (including phenoxy) is 1. The van der Waals surface area contributed by atoms with Gasteiger partial charge in [-0.15, -0.1) is 0 Å². The van der Waals surface area contributed by atoms with Crippen LogP contribution in [0, 0.1) is 0 Å². The smallest absolute Gasteiger partial charge is 0.351 e. The molecule has 0 radical (unpaired) electrons. The van der Waals surface area contributed by atoms with Crippen LogP contribution in [0.5, 0.6) is 0 Å². The summed E-state index contributed by atoms with van der Waals surface area (Å²) in [6.45, 7) is 0.551. The Hall–Kier alpha value is -1.51. The second-order valence-electron chi connectivity index (χ2n) is 4.35. The molecular weight excluding hydrogens is 245 g/mol. The lowest BCUT2D eigenvalue weighted by atomic mass is 9.98. The van der Waals surface area contributed by atoms with Crippen molar-refractivity contribution in [3.63, 3.8) is 0 Å². The second-order valence-corrected chi connectivity index (χ2v) is 4.35. The highest BCUT2D eigenvalue weighted by Crippen LogP contribution is 2.40. The molecule has 0 aliphatic carbocycles. The van der Waals surface area contributed by atoms with Crippen molar-refractivity contribution in [2.45, 2.75) is 31.0 Å². The van der Waals surface area contributed by atoms with Gasteiger partial charge in [0.1, 0.15) is 18.0 Å². The number of aromatic nitrogens is 2. The molecule has 1 aliphatic rings. The molecular formula is C10H14FN3O4. The molecule has 100 valence electrons. The maximum absolute atomic E-state index is 14.4. The van der Waals surface area contributed by atoms with Gasteiger partial charge in [0, 0.05) is 6.20 Å². The van der Waals surface area contributed by atoms with Gasteiger partial charge in [-0.3, -0.25) is 4.57 Å². The maximum Gasteiger partial charge on any atom is 0.351 e. The zero-order valence-electron chi connectivity index (χ0n) is 9.65. The highest BCUT2D eigenvalue weighted by Gasteiger charge is 2.55. The minimum Gasteiger partial charge on any atom is -0.394 e. The number of hydrogen-bond acceptors (Lipinski definition) is 6. The Balaban J connectivity index is 2.42. The molecule has 4 atom stereocenters. The number of halogens is 1. The van der Waals surface area contributed by atoms with Gasteiger partial charge in [0.25, 0.3) is 0 Å². The van der Waals surface area contributed by atoms with Crippen molar-refractivity contribution in [2.24, 2.45) is 0 Å². The van der Waals surface area contributed by atoms with E-state index in [-0.39, 0.29) is 5.82 Å². The molecule has 8 heteroatoms. The van der Waals surface area contributed by atoms with E-state index < -0.39 is 36.4 Å². The maximum atomic E-state index is 14.4. The van der Waals surface area contributed by atoms with E-state index in [4.69, 9.17) is 15.6 Å². The zero-order valence-corrected chi connectivity index (χ0v) is 9.65. The second kappa shape index (κ2) is 4.30. The van der Waals surface area contributed by atoms with E-state index in [2.05, 4.69) is 4.98 Å². The van der Waals surface area contributed by atoms with Crippen LogP contribution in [0.25, 0.3) is 0 Å². The fourth-order valence-electron chi connectivity index (χ4n) is 1.97. The minimum atomic E-state index is -2.21. The standard InChI is InChI=1S/C10H14FN3O4/c1-10(11)7(16)5(4-15)18-8(10)14-3-2-6(12)13-9(14)17/h2-3,5,7-8,15-16H,4H2,1H3,(H2,12,13,17)/t5-,7?,8-,10+/m1/s1. The monoisotopic (exact) mass is 259 g/mol. The molecule has 0 amide bonds. The molecule has 7 nitrogen and oxygen atoms in total. The molecule has 1 aliphatic heterocycles. The normalized spacial score (nSPS) is 35.9. The molecule has 1 fully saturated rings. The van der Waals surface area contributed by atoms with Crippen molar-refractivity contribution in [3.8, 4) is 0 Å². The van der Waals surface area contributed by atoms with Crippen LogP contribution in [-0.4, -0.2) is 44.2 Å². The van der Waals surface area contributed by atoms with Crippen molar-refractivity contribution < 1.29 is 19.3 Å². The highest BCUT2D eigenvalue weighted by atomic mass is 19.1. The van der Waals surface area contributed by atoms with Crippen LogP contribution in [0.3, 0.4) is 0 Å². The van der Waals surface area contributed by atoms with Crippen LogP contribution in [0.4, 0.5) is 10.2 Å². The molecule has 0 bridgehead atoms. The summed E-state index contributed by atoms with van der Waals surface area (Å²) in [7, 11) is 0. The first kappa shape index (κ1) is 12.9. The number of hydrogen-bond donors (Lipinski definition) is 3. The summed E-state index contributed by atoms with van der Waals surface area (Å²) in [6.07, 6.45) is -2.74. The number of aliphatic hydroxyl groups is 2. The lowest BCUT2D eigenvalue weighted by molar-refractivity contribution is -0.0610. The van der Waals surface area contributed by atoms with Crippen molar-refractivity contribution in [2.75, 3.05) is 12.3 Å². The number of nitrogens with zero attached hydrogens (tertiary/aromatic N) is 2. The fraction of sp³-hybridized carbons (Fsp3) is 0.600. The van der Waals surface area contributed by atoms with Gasteiger partial charge < -0.3 is 20.7 Å². The van der Waals surface area contributed by atoms with Crippen molar-refractivity contribution >= 4 is 5.82 Å². The average Bonchev–Trinajstić information content (AvgIpc) is 2.52. The molecule has 2 heterocycles. The number of alkyl halides is 1. The number of aliphatic hydroxyl groups excluding tert-OH is 2. The summed E-state index contributed by atoms with van der Waals surface area (Å²) in [5.74, 6) is 0.00839. The van der Waals surface area contributed by atoms with Crippen LogP contribution >= 0.6 is 0 Å². The Morgan fingerprint density at radius 2 is 2.39 bits per heavy atom. The SMILES string of the molecule is C[C@]1(F)C(O)[C@@H](CO)O[C@H]1n1ccc(N)nc1=O. The Kier molecular flexibility index (Phi) is 3.09. The summed E-state index contributed by atoms with van der Waals surface area (Å²) in [6, 6.07) is 1.32. The topological polar surface area (TPSA) is 111 Å². The van der Waals surface area contributed by atoms with Crippen molar-refractivity contribution in [1.82, 2.24) is 9.55 Å². The number of anilines is 1. The van der Waals surface area contributed by atoms with Gasteiger partial charge in [-0.2, -0.15) is 4.98 Å². The van der Waals surface area contributed by atoms with E-state index in [0.29, 0.717) is 0 Å². The minimum absolute atomic E-state index is 0.00839. The van der Waals surface area contributed by atoms with Crippen LogP contribution in [0.1, 0.15) is 13.2 Å². The van der Waals surface area contributed by atoms with Gasteiger partial charge in [-0.05, 0) is 13.0 Å². The van der Waals surface area contributed by atoms with Gasteiger partial charge in [0.15, 0.2) is 11.9 Å². The molecule has 1 saturated heterocycles. The molecule has 1 aromatic heterocycles. The first-order chi connectivity index (χ1) is 8.37. The van der Waals surface area contributed by atoms with E-state index >= 15 is 0 Å². The van der Waals surface area contributed by atoms with Crippen LogP contribution in [0.15, 0.2) is 17.1 Å². The van der Waals surface area contributed by atoms with Gasteiger partial charge in [0.2, 0.25) is 0 Å². The van der Waals surface area contributed by atoms with E-state index in [1.165, 1.54) is 12.3 Å². The Morgan fingerprint density at radius 1 is 1.72 bits per heavy atom. The first-order valence-corrected chi connectivity index (χ1v) is 5.36. The van der Waals surface area contributed by atoms with Gasteiger partial charge in [-0.25, -0.2) is 9.18 Å². The summed E-state index contributed by atoms with van der Waals surface area (Å²) in [4.78, 5) is 15.1. The molecule has 2 rings (SSSR count). The summed E-state index contributed by atoms with van der Waals surface area (Å²) in [5, 5.41) is 18.6. The van der Waals surface area contributed by atoms with Crippen LogP contribution in [-0.2, 0) is 4.74 Å². The number of rotatable bonds is 2. The molecule has 0 spiro atoms. The predicted molar refractivity (Wildman–Crippen MR) is 59.4 cm³/mol. The van der Waals surface area contributed by atoms with E-state index in [0.717, 1.165) is 11.5 Å². The summed E-state index contributed by atoms with van der Waals surface area (Å²) >= 11 is 0. The number of nitrogen functional groups attached to an aromatic ring is 1. The van der Waals surface area contributed by atoms with Crippen molar-refractivity contribution in [3.05, 3.63) is 22.7 Å². The predicted octanol–water partition coefficient (Wildman–Crippen LogP) is -1.20. The lowest BCUT2D eigenvalue weighted by Crippen LogP contribution is -2.42. The third kappa shape index (κ3) is 1.88. The van der Waals surface area contributed by atoms with E-state index in [9.17, 15) is 14.3 Å². The van der Waals surface area contributed by atoms with E-state index in [1.807, 2.05) is 0 Å². The van der Waals surface area contributed by atoms with Gasteiger partial charge in [-0.1, -0.05) is 0 Å². The van der Waals surface area contributed by atoms with Crippen molar-refractivity contribution in [1.29, 1.82) is 0 Å². The third-order valence-electron chi connectivity index (χ3n) is 3.00. The van der Waals surface area contributed by atoms with E-state index in [1.54, 1.807) is 0 Å². The molecule has 4 N–H and O–H groups in total. The highest BCUT2D eigenvalue weighted by molar-refractivity contribution is 5.23.